The lowest BCUT2D eigenvalue weighted by Crippen LogP contribution is -2.09. The summed E-state index contributed by atoms with van der Waals surface area (Å²) >= 11 is 1.21. The minimum absolute atomic E-state index is 0.0429. The van der Waals surface area contributed by atoms with E-state index in [2.05, 4.69) is 4.98 Å². The Morgan fingerprint density at radius 3 is 2.59 bits per heavy atom. The van der Waals surface area contributed by atoms with Gasteiger partial charge in [0.05, 0.1) is 10.3 Å². The molecule has 7 nitrogen and oxygen atoms in total. The van der Waals surface area contributed by atoms with Gasteiger partial charge in [-0.05, 0) is 17.7 Å². The number of benzene rings is 1. The van der Waals surface area contributed by atoms with Crippen LogP contribution in [0.3, 0.4) is 0 Å². The number of aromatic hydroxyl groups is 1. The third-order valence-electron chi connectivity index (χ3n) is 3.22. The largest absolute Gasteiger partial charge is 0.506 e. The van der Waals surface area contributed by atoms with Crippen LogP contribution in [0.15, 0.2) is 34.4 Å². The molecular formula is C14H7N3O4S. The highest BCUT2D eigenvalue weighted by atomic mass is 32.1. The molecule has 2 heterocycles. The van der Waals surface area contributed by atoms with Crippen LogP contribution in [0, 0.1) is 21.4 Å². The molecule has 0 amide bonds. The number of fused-ring (bicyclic) bond motifs is 1. The van der Waals surface area contributed by atoms with Gasteiger partial charge >= 0.3 is 0 Å². The first-order valence-corrected chi connectivity index (χ1v) is 6.92. The maximum atomic E-state index is 11.6. The third-order valence-corrected chi connectivity index (χ3v) is 4.12. The van der Waals surface area contributed by atoms with Gasteiger partial charge in [-0.25, -0.2) is 0 Å². The van der Waals surface area contributed by atoms with E-state index < -0.39 is 10.5 Å². The van der Waals surface area contributed by atoms with E-state index in [1.807, 2.05) is 0 Å². The van der Waals surface area contributed by atoms with Gasteiger partial charge in [0.15, 0.2) is 5.56 Å². The van der Waals surface area contributed by atoms with Gasteiger partial charge in [0.2, 0.25) is 0 Å². The summed E-state index contributed by atoms with van der Waals surface area (Å²) in [6.07, 6.45) is 0. The van der Waals surface area contributed by atoms with Crippen LogP contribution in [-0.4, -0.2) is 15.0 Å². The van der Waals surface area contributed by atoms with Gasteiger partial charge in [0, 0.05) is 23.1 Å². The fourth-order valence-corrected chi connectivity index (χ4v) is 3.13. The number of thiophene rings is 1. The Kier molecular flexibility index (Phi) is 3.12. The summed E-state index contributed by atoms with van der Waals surface area (Å²) in [4.78, 5) is 24.8. The molecule has 0 aliphatic rings. The Labute approximate surface area is 126 Å². The number of non-ortho nitro benzene ring substituents is 1. The van der Waals surface area contributed by atoms with Gasteiger partial charge in [0.1, 0.15) is 16.6 Å². The van der Waals surface area contributed by atoms with Crippen LogP contribution in [0.25, 0.3) is 21.3 Å². The number of aromatic amines is 1. The summed E-state index contributed by atoms with van der Waals surface area (Å²) in [6, 6.07) is 7.48. The van der Waals surface area contributed by atoms with E-state index in [1.54, 1.807) is 23.6 Å². The van der Waals surface area contributed by atoms with Crippen LogP contribution in [0.5, 0.6) is 5.75 Å². The Morgan fingerprint density at radius 2 is 2.00 bits per heavy atom. The second-order valence-corrected chi connectivity index (χ2v) is 5.33. The van der Waals surface area contributed by atoms with E-state index in [9.17, 15) is 20.0 Å². The summed E-state index contributed by atoms with van der Waals surface area (Å²) in [6.45, 7) is 0. The van der Waals surface area contributed by atoms with Crippen LogP contribution in [0.1, 0.15) is 5.56 Å². The van der Waals surface area contributed by atoms with Crippen molar-refractivity contribution in [3.05, 3.63) is 55.7 Å². The molecule has 0 unspecified atom stereocenters. The molecule has 2 N–H and O–H groups in total. The summed E-state index contributed by atoms with van der Waals surface area (Å²) < 4.78 is 0. The van der Waals surface area contributed by atoms with Crippen molar-refractivity contribution < 1.29 is 10.0 Å². The maximum absolute atomic E-state index is 11.6. The Balaban J connectivity index is 2.26. The van der Waals surface area contributed by atoms with Gasteiger partial charge in [-0.1, -0.05) is 0 Å². The highest BCUT2D eigenvalue weighted by molar-refractivity contribution is 7.17. The molecule has 0 saturated heterocycles. The van der Waals surface area contributed by atoms with Crippen molar-refractivity contribution in [2.45, 2.75) is 0 Å². The first kappa shape index (κ1) is 13.8. The number of hydrogen-bond acceptors (Lipinski definition) is 6. The number of aromatic nitrogens is 1. The van der Waals surface area contributed by atoms with E-state index in [0.717, 1.165) is 0 Å². The van der Waals surface area contributed by atoms with Gasteiger partial charge in [-0.3, -0.25) is 14.9 Å². The number of rotatable bonds is 2. The van der Waals surface area contributed by atoms with Gasteiger partial charge in [-0.15, -0.1) is 11.3 Å². The highest BCUT2D eigenvalue weighted by Gasteiger charge is 2.17. The van der Waals surface area contributed by atoms with Crippen molar-refractivity contribution in [2.24, 2.45) is 0 Å². The number of hydrogen-bond donors (Lipinski definition) is 2. The van der Waals surface area contributed by atoms with Crippen LogP contribution in [0.2, 0.25) is 0 Å². The monoisotopic (exact) mass is 313 g/mol. The van der Waals surface area contributed by atoms with Gasteiger partial charge in [-0.2, -0.15) is 5.26 Å². The molecule has 0 atom stereocenters. The zero-order valence-corrected chi connectivity index (χ0v) is 11.7. The van der Waals surface area contributed by atoms with E-state index in [4.69, 9.17) is 5.26 Å². The van der Waals surface area contributed by atoms with Crippen molar-refractivity contribution in [2.75, 3.05) is 0 Å². The van der Waals surface area contributed by atoms with E-state index in [-0.39, 0.29) is 17.0 Å². The SMILES string of the molecule is N#Cc1c(O)c2c(-c3ccc([N+](=O)[O-])cc3)csc2[nH]c1=O. The minimum Gasteiger partial charge on any atom is -0.506 e. The van der Waals surface area contributed by atoms with Crippen LogP contribution in [0.4, 0.5) is 5.69 Å². The molecule has 108 valence electrons. The van der Waals surface area contributed by atoms with Gasteiger partial charge in [0.25, 0.3) is 11.2 Å². The molecule has 0 bridgehead atoms. The summed E-state index contributed by atoms with van der Waals surface area (Å²) in [7, 11) is 0. The molecule has 0 radical (unpaired) electrons. The van der Waals surface area contributed by atoms with E-state index in [0.29, 0.717) is 21.3 Å². The number of nitro groups is 1. The van der Waals surface area contributed by atoms with Gasteiger partial charge < -0.3 is 10.1 Å². The molecular weight excluding hydrogens is 306 g/mol. The number of pyridine rings is 1. The molecule has 1 aromatic carbocycles. The minimum atomic E-state index is -0.649. The van der Waals surface area contributed by atoms with E-state index in [1.165, 1.54) is 23.5 Å². The standard InChI is InChI=1S/C14H7N3O4S/c15-5-9-12(18)11-10(6-22-14(11)16-13(9)19)7-1-3-8(4-2-7)17(20)21/h1-4,6H,(H2,16,18,19). The molecule has 0 spiro atoms. The van der Waals surface area contributed by atoms with Crippen molar-refractivity contribution >= 4 is 27.2 Å². The fourth-order valence-electron chi connectivity index (χ4n) is 2.16. The normalized spacial score (nSPS) is 10.5. The first-order valence-electron chi connectivity index (χ1n) is 6.04. The highest BCUT2D eigenvalue weighted by Crippen LogP contribution is 2.38. The summed E-state index contributed by atoms with van der Waals surface area (Å²) in [5.74, 6) is -0.379. The lowest BCUT2D eigenvalue weighted by Gasteiger charge is -2.03. The van der Waals surface area contributed by atoms with E-state index >= 15 is 0 Å². The lowest BCUT2D eigenvalue weighted by molar-refractivity contribution is -0.384. The molecule has 0 aliphatic carbocycles. The molecule has 22 heavy (non-hydrogen) atoms. The van der Waals surface area contributed by atoms with Crippen molar-refractivity contribution in [3.63, 3.8) is 0 Å². The number of nitrogens with zero attached hydrogens (tertiary/aromatic N) is 2. The lowest BCUT2D eigenvalue weighted by atomic mass is 10.0. The van der Waals surface area contributed by atoms with Crippen LogP contribution >= 0.6 is 11.3 Å². The van der Waals surface area contributed by atoms with Crippen molar-refractivity contribution in [1.29, 1.82) is 5.26 Å². The Hall–Kier alpha value is -3.18. The Bertz CT molecular complexity index is 996. The number of nitro benzene ring substituents is 1. The number of H-pyrrole nitrogens is 1. The first-order chi connectivity index (χ1) is 10.5. The third kappa shape index (κ3) is 2.01. The van der Waals surface area contributed by atoms with Crippen molar-refractivity contribution in [3.8, 4) is 22.9 Å². The molecule has 2 aromatic heterocycles. The zero-order chi connectivity index (χ0) is 15.9. The van der Waals surface area contributed by atoms with Crippen LogP contribution < -0.4 is 5.56 Å². The molecule has 0 saturated carbocycles. The predicted molar refractivity (Wildman–Crippen MR) is 80.9 cm³/mol. The average molecular weight is 313 g/mol. The van der Waals surface area contributed by atoms with Crippen LogP contribution in [-0.2, 0) is 0 Å². The smallest absolute Gasteiger partial charge is 0.270 e. The summed E-state index contributed by atoms with van der Waals surface area (Å²) in [5.41, 5.74) is 0.195. The molecule has 3 aromatic rings. The predicted octanol–water partition coefficient (Wildman–Crippen LogP) is 2.74. The molecule has 0 fully saturated rings. The fraction of sp³-hybridized carbons (Fsp3) is 0. The average Bonchev–Trinajstić information content (AvgIpc) is 2.91. The molecule has 8 heteroatoms. The molecule has 3 rings (SSSR count). The maximum Gasteiger partial charge on any atom is 0.270 e. The number of nitrogens with one attached hydrogen (secondary N) is 1. The van der Waals surface area contributed by atoms with Crippen molar-refractivity contribution in [1.82, 2.24) is 4.98 Å². The second kappa shape index (κ2) is 4.98. The quantitative estimate of drug-likeness (QED) is 0.556. The topological polar surface area (TPSA) is 120 Å². The molecule has 0 aliphatic heterocycles. The summed E-state index contributed by atoms with van der Waals surface area (Å²) in [5, 5.41) is 31.9. The second-order valence-electron chi connectivity index (χ2n) is 4.45. The number of nitriles is 1. The zero-order valence-electron chi connectivity index (χ0n) is 10.9. The Morgan fingerprint density at radius 1 is 1.32 bits per heavy atom.